The van der Waals surface area contributed by atoms with Crippen molar-refractivity contribution in [3.05, 3.63) is 63.6 Å². The van der Waals surface area contributed by atoms with Crippen molar-refractivity contribution in [1.82, 2.24) is 0 Å². The van der Waals surface area contributed by atoms with Crippen LogP contribution in [0, 0.1) is 6.92 Å². The van der Waals surface area contributed by atoms with E-state index in [-0.39, 0.29) is 0 Å². The zero-order valence-electron chi connectivity index (χ0n) is 9.82. The Balaban J connectivity index is 2.12. The molecule has 0 fully saturated rings. The molecular formula is C14H12Cl2N2. The fourth-order valence-corrected chi connectivity index (χ4v) is 2.01. The molecule has 2 aromatic carbocycles. The average molecular weight is 279 g/mol. The summed E-state index contributed by atoms with van der Waals surface area (Å²) in [6.07, 6.45) is 1.73. The first-order valence-corrected chi connectivity index (χ1v) is 6.22. The van der Waals surface area contributed by atoms with Crippen molar-refractivity contribution in [3.63, 3.8) is 0 Å². The standard InChI is InChI=1S/C14H12Cl2N2/c1-10-4-2-5-11(8-10)9-17-18-14-12(15)6-3-7-13(14)16/h2-9,18H,1H3/b17-9-. The summed E-state index contributed by atoms with van der Waals surface area (Å²) in [6, 6.07) is 13.4. The van der Waals surface area contributed by atoms with Gasteiger partial charge in [0.2, 0.25) is 0 Å². The second-order valence-corrected chi connectivity index (χ2v) is 4.70. The van der Waals surface area contributed by atoms with Crippen molar-refractivity contribution >= 4 is 35.1 Å². The Kier molecular flexibility index (Phi) is 4.24. The van der Waals surface area contributed by atoms with Gasteiger partial charge < -0.3 is 0 Å². The normalized spacial score (nSPS) is 10.8. The lowest BCUT2D eigenvalue weighted by Gasteiger charge is -2.05. The fourth-order valence-electron chi connectivity index (χ4n) is 1.53. The minimum absolute atomic E-state index is 0.545. The number of rotatable bonds is 3. The van der Waals surface area contributed by atoms with Crippen LogP contribution in [0.25, 0.3) is 0 Å². The van der Waals surface area contributed by atoms with Crippen LogP contribution >= 0.6 is 23.2 Å². The number of benzene rings is 2. The van der Waals surface area contributed by atoms with Gasteiger partial charge in [0.15, 0.2) is 0 Å². The lowest BCUT2D eigenvalue weighted by Crippen LogP contribution is -1.92. The Morgan fingerprint density at radius 3 is 2.39 bits per heavy atom. The van der Waals surface area contributed by atoms with Crippen molar-refractivity contribution in [3.8, 4) is 0 Å². The van der Waals surface area contributed by atoms with Crippen LogP contribution < -0.4 is 5.43 Å². The van der Waals surface area contributed by atoms with Gasteiger partial charge >= 0.3 is 0 Å². The number of nitrogens with one attached hydrogen (secondary N) is 1. The maximum absolute atomic E-state index is 6.02. The van der Waals surface area contributed by atoms with E-state index in [2.05, 4.69) is 10.5 Å². The van der Waals surface area contributed by atoms with Gasteiger partial charge in [-0.1, -0.05) is 59.1 Å². The third-order valence-corrected chi connectivity index (χ3v) is 3.02. The minimum atomic E-state index is 0.545. The third-order valence-electron chi connectivity index (χ3n) is 2.39. The molecule has 4 heteroatoms. The highest BCUT2D eigenvalue weighted by Gasteiger charge is 2.02. The number of para-hydroxylation sites is 1. The number of aryl methyl sites for hydroxylation is 1. The lowest BCUT2D eigenvalue weighted by atomic mass is 10.2. The molecule has 0 atom stereocenters. The molecule has 2 rings (SSSR count). The summed E-state index contributed by atoms with van der Waals surface area (Å²) in [5.74, 6) is 0. The first kappa shape index (κ1) is 12.9. The highest BCUT2D eigenvalue weighted by molar-refractivity contribution is 6.39. The van der Waals surface area contributed by atoms with E-state index < -0.39 is 0 Å². The Bertz CT molecular complexity index is 560. The number of hydrogen-bond acceptors (Lipinski definition) is 2. The summed E-state index contributed by atoms with van der Waals surface area (Å²) in [6.45, 7) is 2.04. The number of nitrogens with zero attached hydrogens (tertiary/aromatic N) is 1. The predicted molar refractivity (Wildman–Crippen MR) is 78.9 cm³/mol. The zero-order valence-corrected chi connectivity index (χ0v) is 11.3. The van der Waals surface area contributed by atoms with Gasteiger partial charge in [-0.25, -0.2) is 0 Å². The maximum atomic E-state index is 6.02. The second-order valence-electron chi connectivity index (χ2n) is 3.88. The fraction of sp³-hybridized carbons (Fsp3) is 0.0714. The summed E-state index contributed by atoms with van der Waals surface area (Å²) in [7, 11) is 0. The highest BCUT2D eigenvalue weighted by Crippen LogP contribution is 2.29. The number of anilines is 1. The van der Waals surface area contributed by atoms with Crippen LogP contribution in [0.5, 0.6) is 0 Å². The number of halogens is 2. The lowest BCUT2D eigenvalue weighted by molar-refractivity contribution is 1.35. The molecule has 0 spiro atoms. The van der Waals surface area contributed by atoms with Crippen molar-refractivity contribution < 1.29 is 0 Å². The highest BCUT2D eigenvalue weighted by atomic mass is 35.5. The molecule has 0 aliphatic carbocycles. The Morgan fingerprint density at radius 2 is 1.72 bits per heavy atom. The molecule has 0 aliphatic heterocycles. The number of hydrazone groups is 1. The molecule has 0 heterocycles. The Morgan fingerprint density at radius 1 is 1.06 bits per heavy atom. The van der Waals surface area contributed by atoms with Gasteiger partial charge in [0.1, 0.15) is 0 Å². The van der Waals surface area contributed by atoms with Crippen molar-refractivity contribution in [1.29, 1.82) is 0 Å². The SMILES string of the molecule is Cc1cccc(/C=N\Nc2c(Cl)cccc2Cl)c1. The van der Waals surface area contributed by atoms with Gasteiger partial charge in [-0.15, -0.1) is 0 Å². The molecule has 0 aromatic heterocycles. The number of hydrogen-bond donors (Lipinski definition) is 1. The average Bonchev–Trinajstić information content (AvgIpc) is 2.33. The van der Waals surface area contributed by atoms with Crippen molar-refractivity contribution in [2.45, 2.75) is 6.92 Å². The van der Waals surface area contributed by atoms with E-state index in [0.29, 0.717) is 15.7 Å². The molecule has 0 unspecified atom stereocenters. The first-order valence-electron chi connectivity index (χ1n) is 5.46. The summed E-state index contributed by atoms with van der Waals surface area (Å²) in [4.78, 5) is 0. The van der Waals surface area contributed by atoms with Crippen LogP contribution in [0.4, 0.5) is 5.69 Å². The van der Waals surface area contributed by atoms with E-state index in [4.69, 9.17) is 23.2 Å². The van der Waals surface area contributed by atoms with Crippen LogP contribution in [0.3, 0.4) is 0 Å². The molecule has 0 radical (unpaired) electrons. The van der Waals surface area contributed by atoms with Gasteiger partial charge in [-0.2, -0.15) is 5.10 Å². The van der Waals surface area contributed by atoms with E-state index >= 15 is 0 Å². The van der Waals surface area contributed by atoms with Crippen LogP contribution in [-0.4, -0.2) is 6.21 Å². The van der Waals surface area contributed by atoms with Gasteiger partial charge in [0.05, 0.1) is 21.9 Å². The van der Waals surface area contributed by atoms with Crippen molar-refractivity contribution in [2.75, 3.05) is 5.43 Å². The molecule has 2 aromatic rings. The summed E-state index contributed by atoms with van der Waals surface area (Å²) in [5, 5.41) is 5.22. The van der Waals surface area contributed by atoms with Gasteiger partial charge in [-0.05, 0) is 24.6 Å². The smallest absolute Gasteiger partial charge is 0.0934 e. The van der Waals surface area contributed by atoms with Gasteiger partial charge in [-0.3, -0.25) is 5.43 Å². The van der Waals surface area contributed by atoms with E-state index in [1.165, 1.54) is 5.56 Å². The van der Waals surface area contributed by atoms with Crippen LogP contribution in [0.2, 0.25) is 10.0 Å². The molecule has 0 bridgehead atoms. The second kappa shape index (κ2) is 5.89. The molecular weight excluding hydrogens is 267 g/mol. The van der Waals surface area contributed by atoms with Gasteiger partial charge in [0, 0.05) is 0 Å². The van der Waals surface area contributed by atoms with Crippen molar-refractivity contribution in [2.24, 2.45) is 5.10 Å². The van der Waals surface area contributed by atoms with Crippen LogP contribution in [-0.2, 0) is 0 Å². The predicted octanol–water partition coefficient (Wildman–Crippen LogP) is 4.75. The molecule has 0 saturated heterocycles. The largest absolute Gasteiger partial charge is 0.275 e. The van der Waals surface area contributed by atoms with E-state index in [1.807, 2.05) is 31.2 Å². The molecule has 1 N–H and O–H groups in total. The maximum Gasteiger partial charge on any atom is 0.0934 e. The molecule has 2 nitrogen and oxygen atoms in total. The Hall–Kier alpha value is -1.51. The molecule has 92 valence electrons. The monoisotopic (exact) mass is 278 g/mol. The van der Waals surface area contributed by atoms with Gasteiger partial charge in [0.25, 0.3) is 0 Å². The van der Waals surface area contributed by atoms with E-state index in [0.717, 1.165) is 5.56 Å². The quantitative estimate of drug-likeness (QED) is 0.636. The molecule has 0 saturated carbocycles. The first-order chi connectivity index (χ1) is 8.66. The Labute approximate surface area is 116 Å². The van der Waals surface area contributed by atoms with E-state index in [9.17, 15) is 0 Å². The summed E-state index contributed by atoms with van der Waals surface area (Å²) < 4.78 is 0. The van der Waals surface area contributed by atoms with Crippen LogP contribution in [0.15, 0.2) is 47.6 Å². The zero-order chi connectivity index (χ0) is 13.0. The third kappa shape index (κ3) is 3.25. The minimum Gasteiger partial charge on any atom is -0.275 e. The van der Waals surface area contributed by atoms with Crippen LogP contribution in [0.1, 0.15) is 11.1 Å². The summed E-state index contributed by atoms with van der Waals surface area (Å²) >= 11 is 12.0. The van der Waals surface area contributed by atoms with E-state index in [1.54, 1.807) is 24.4 Å². The molecule has 0 amide bonds. The summed E-state index contributed by atoms with van der Waals surface area (Å²) in [5.41, 5.74) is 5.68. The molecule has 18 heavy (non-hydrogen) atoms. The topological polar surface area (TPSA) is 24.4 Å². The molecule has 0 aliphatic rings.